The van der Waals surface area contributed by atoms with E-state index < -0.39 is 0 Å². The first-order valence-corrected chi connectivity index (χ1v) is 4.00. The Labute approximate surface area is 73.2 Å². The number of carbonyl (C=O) groups is 1. The van der Waals surface area contributed by atoms with Crippen molar-refractivity contribution in [3.63, 3.8) is 0 Å². The number of nitrogens with one attached hydrogen (secondary N) is 1. The molecular weight excluding hydrogens is 158 g/mol. The van der Waals surface area contributed by atoms with Crippen LogP contribution in [0.15, 0.2) is 0 Å². The minimum absolute atomic E-state index is 0.00148. The molecule has 1 N–H and O–H groups in total. The van der Waals surface area contributed by atoms with Crippen LogP contribution in [0.5, 0.6) is 0 Å². The predicted molar refractivity (Wildman–Crippen MR) is 45.7 cm³/mol. The summed E-state index contributed by atoms with van der Waals surface area (Å²) in [6.07, 6.45) is 0.102. The lowest BCUT2D eigenvalue weighted by atomic mass is 10.3. The number of hydrogen-bond acceptors (Lipinski definition) is 3. The maximum absolute atomic E-state index is 10.9. The number of ether oxygens (including phenoxy) is 2. The minimum atomic E-state index is -0.375. The third-order valence-electron chi connectivity index (χ3n) is 1.58. The van der Waals surface area contributed by atoms with E-state index in [1.807, 2.05) is 6.92 Å². The van der Waals surface area contributed by atoms with E-state index in [1.54, 1.807) is 21.1 Å². The molecule has 0 saturated carbocycles. The van der Waals surface area contributed by atoms with Gasteiger partial charge in [-0.25, -0.2) is 0 Å². The Morgan fingerprint density at radius 2 is 1.92 bits per heavy atom. The smallest absolute Gasteiger partial charge is 0.220 e. The second kappa shape index (κ2) is 5.97. The number of rotatable bonds is 5. The van der Waals surface area contributed by atoms with Gasteiger partial charge in [-0.2, -0.15) is 0 Å². The van der Waals surface area contributed by atoms with Crippen LogP contribution in [-0.4, -0.2) is 32.5 Å². The highest BCUT2D eigenvalue weighted by molar-refractivity contribution is 5.75. The highest BCUT2D eigenvalue weighted by Gasteiger charge is 2.16. The monoisotopic (exact) mass is 175 g/mol. The topological polar surface area (TPSA) is 47.6 Å². The molecule has 72 valence electrons. The fraction of sp³-hybridized carbons (Fsp3) is 0.875. The van der Waals surface area contributed by atoms with E-state index in [4.69, 9.17) is 9.47 Å². The number of methoxy groups -OCH3 is 2. The number of hydrogen-bond donors (Lipinski definition) is 1. The molecule has 0 saturated heterocycles. The summed E-state index contributed by atoms with van der Waals surface area (Å²) in [5.41, 5.74) is 0. The molecule has 4 heteroatoms. The first kappa shape index (κ1) is 11.4. The summed E-state index contributed by atoms with van der Waals surface area (Å²) < 4.78 is 9.94. The van der Waals surface area contributed by atoms with Gasteiger partial charge in [-0.15, -0.1) is 0 Å². The molecule has 1 amide bonds. The lowest BCUT2D eigenvalue weighted by Gasteiger charge is -2.21. The van der Waals surface area contributed by atoms with Crippen molar-refractivity contribution in [3.8, 4) is 0 Å². The molecule has 1 atom stereocenters. The molecule has 0 spiro atoms. The van der Waals surface area contributed by atoms with Crippen LogP contribution >= 0.6 is 0 Å². The Hall–Kier alpha value is -0.610. The normalized spacial score (nSPS) is 13.1. The van der Waals surface area contributed by atoms with E-state index in [9.17, 15) is 4.79 Å². The van der Waals surface area contributed by atoms with E-state index in [2.05, 4.69) is 5.32 Å². The van der Waals surface area contributed by atoms with Crippen molar-refractivity contribution >= 4 is 5.91 Å². The molecule has 0 radical (unpaired) electrons. The summed E-state index contributed by atoms with van der Waals surface area (Å²) in [7, 11) is 3.09. The maximum atomic E-state index is 10.9. The number of carbonyl (C=O) groups excluding carboxylic acids is 1. The van der Waals surface area contributed by atoms with Gasteiger partial charge in [-0.3, -0.25) is 4.79 Å². The Morgan fingerprint density at radius 1 is 1.42 bits per heavy atom. The second-order valence-corrected chi connectivity index (χ2v) is 2.55. The van der Waals surface area contributed by atoms with Gasteiger partial charge in [0.1, 0.15) is 0 Å². The van der Waals surface area contributed by atoms with Gasteiger partial charge in [0, 0.05) is 20.6 Å². The van der Waals surface area contributed by atoms with Crippen molar-refractivity contribution in [1.82, 2.24) is 5.32 Å². The fourth-order valence-electron chi connectivity index (χ4n) is 0.929. The average Bonchev–Trinajstić information content (AvgIpc) is 2.06. The highest BCUT2D eigenvalue weighted by atomic mass is 16.7. The molecule has 4 nitrogen and oxygen atoms in total. The van der Waals surface area contributed by atoms with Crippen LogP contribution in [0.2, 0.25) is 0 Å². The molecule has 0 aromatic carbocycles. The van der Waals surface area contributed by atoms with Crippen LogP contribution in [0.4, 0.5) is 0 Å². The zero-order valence-corrected chi connectivity index (χ0v) is 8.09. The van der Waals surface area contributed by atoms with Gasteiger partial charge in [-0.1, -0.05) is 6.92 Å². The SMILES string of the molecule is CCC(=O)NC(C)C(OC)OC. The lowest BCUT2D eigenvalue weighted by molar-refractivity contribution is -0.135. The predicted octanol–water partition coefficient (Wildman–Crippen LogP) is 0.520. The summed E-state index contributed by atoms with van der Waals surface area (Å²) in [6, 6.07) is -0.118. The van der Waals surface area contributed by atoms with Crippen LogP contribution in [-0.2, 0) is 14.3 Å². The van der Waals surface area contributed by atoms with Crippen LogP contribution in [0.25, 0.3) is 0 Å². The molecule has 0 aliphatic carbocycles. The second-order valence-electron chi connectivity index (χ2n) is 2.55. The highest BCUT2D eigenvalue weighted by Crippen LogP contribution is 1.98. The van der Waals surface area contributed by atoms with Crippen molar-refractivity contribution in [3.05, 3.63) is 0 Å². The third kappa shape index (κ3) is 3.69. The zero-order valence-electron chi connectivity index (χ0n) is 8.09. The van der Waals surface area contributed by atoms with Gasteiger partial charge in [0.2, 0.25) is 5.91 Å². The van der Waals surface area contributed by atoms with Crippen molar-refractivity contribution in [2.24, 2.45) is 0 Å². The Bertz CT molecular complexity index is 134. The molecule has 0 aliphatic heterocycles. The molecular formula is C8H17NO3. The third-order valence-corrected chi connectivity index (χ3v) is 1.58. The Morgan fingerprint density at radius 3 is 2.25 bits per heavy atom. The van der Waals surface area contributed by atoms with Crippen LogP contribution < -0.4 is 5.32 Å². The molecule has 0 aromatic heterocycles. The van der Waals surface area contributed by atoms with Crippen LogP contribution in [0.1, 0.15) is 20.3 Å². The molecule has 0 heterocycles. The standard InChI is InChI=1S/C8H17NO3/c1-5-7(10)9-6(2)8(11-3)12-4/h6,8H,5H2,1-4H3,(H,9,10). The molecule has 0 aliphatic rings. The van der Waals surface area contributed by atoms with Gasteiger partial charge in [-0.05, 0) is 6.92 Å². The molecule has 0 fully saturated rings. The van der Waals surface area contributed by atoms with E-state index in [1.165, 1.54) is 0 Å². The summed E-state index contributed by atoms with van der Waals surface area (Å²) in [4.78, 5) is 10.9. The van der Waals surface area contributed by atoms with E-state index >= 15 is 0 Å². The van der Waals surface area contributed by atoms with Crippen molar-refractivity contribution < 1.29 is 14.3 Å². The van der Waals surface area contributed by atoms with E-state index in [-0.39, 0.29) is 18.2 Å². The molecule has 0 bridgehead atoms. The summed E-state index contributed by atoms with van der Waals surface area (Å²) >= 11 is 0. The minimum Gasteiger partial charge on any atom is -0.354 e. The van der Waals surface area contributed by atoms with Crippen molar-refractivity contribution in [2.45, 2.75) is 32.6 Å². The van der Waals surface area contributed by atoms with Crippen LogP contribution in [0, 0.1) is 0 Å². The molecule has 12 heavy (non-hydrogen) atoms. The van der Waals surface area contributed by atoms with Crippen molar-refractivity contribution in [2.75, 3.05) is 14.2 Å². The van der Waals surface area contributed by atoms with E-state index in [0.29, 0.717) is 6.42 Å². The number of amides is 1. The first-order chi connectivity index (χ1) is 5.65. The quantitative estimate of drug-likeness (QED) is 0.620. The first-order valence-electron chi connectivity index (χ1n) is 4.00. The van der Waals surface area contributed by atoms with Gasteiger partial charge >= 0.3 is 0 Å². The van der Waals surface area contributed by atoms with Gasteiger partial charge in [0.05, 0.1) is 6.04 Å². The summed E-state index contributed by atoms with van der Waals surface area (Å²) in [5.74, 6) is 0.00148. The van der Waals surface area contributed by atoms with Crippen molar-refractivity contribution in [1.29, 1.82) is 0 Å². The average molecular weight is 175 g/mol. The molecule has 0 rings (SSSR count). The van der Waals surface area contributed by atoms with Crippen LogP contribution in [0.3, 0.4) is 0 Å². The summed E-state index contributed by atoms with van der Waals surface area (Å²) in [6.45, 7) is 3.64. The Kier molecular flexibility index (Phi) is 5.66. The zero-order chi connectivity index (χ0) is 9.56. The van der Waals surface area contributed by atoms with Gasteiger partial charge in [0.25, 0.3) is 0 Å². The summed E-state index contributed by atoms with van der Waals surface area (Å²) in [5, 5.41) is 2.74. The fourth-order valence-corrected chi connectivity index (χ4v) is 0.929. The van der Waals surface area contributed by atoms with Gasteiger partial charge in [0.15, 0.2) is 6.29 Å². The molecule has 0 aromatic rings. The lowest BCUT2D eigenvalue weighted by Crippen LogP contribution is -2.42. The Balaban J connectivity index is 3.83. The molecule has 1 unspecified atom stereocenters. The van der Waals surface area contributed by atoms with E-state index in [0.717, 1.165) is 0 Å². The van der Waals surface area contributed by atoms with Gasteiger partial charge < -0.3 is 14.8 Å². The largest absolute Gasteiger partial charge is 0.354 e. The maximum Gasteiger partial charge on any atom is 0.220 e.